The van der Waals surface area contributed by atoms with Crippen molar-refractivity contribution in [2.24, 2.45) is 0 Å². The van der Waals surface area contributed by atoms with Gasteiger partial charge in [-0.05, 0) is 64.3 Å². The first-order valence-corrected chi connectivity index (χ1v) is 12.5. The third-order valence-electron chi connectivity index (χ3n) is 5.69. The van der Waals surface area contributed by atoms with Gasteiger partial charge in [-0.2, -0.15) is 0 Å². The lowest BCUT2D eigenvalue weighted by Gasteiger charge is -2.14. The summed E-state index contributed by atoms with van der Waals surface area (Å²) in [5.41, 5.74) is 5.67. The number of ether oxygens (including phenoxy) is 2. The normalized spacial score (nSPS) is 11.5. The number of hydrogen-bond acceptors (Lipinski definition) is 4. The molecule has 0 unspecified atom stereocenters. The van der Waals surface area contributed by atoms with E-state index in [2.05, 4.69) is 67.6 Å². The number of benzene rings is 3. The van der Waals surface area contributed by atoms with Crippen LogP contribution in [0, 0.1) is 0 Å². The van der Waals surface area contributed by atoms with Crippen molar-refractivity contribution >= 4 is 65.0 Å². The summed E-state index contributed by atoms with van der Waals surface area (Å²) in [6, 6.07) is 18.3. The molecule has 0 amide bonds. The Balaban J connectivity index is 1.69. The second-order valence-electron chi connectivity index (χ2n) is 7.94. The van der Waals surface area contributed by atoms with Crippen molar-refractivity contribution in [1.82, 2.24) is 14.5 Å². The van der Waals surface area contributed by atoms with E-state index in [0.717, 1.165) is 71.9 Å². The number of fused-ring (bicyclic) bond motifs is 4. The summed E-state index contributed by atoms with van der Waals surface area (Å²) in [5.74, 6) is 1.51. The molecule has 0 aliphatic rings. The molecule has 0 N–H and O–H groups in total. The van der Waals surface area contributed by atoms with Gasteiger partial charge >= 0.3 is 0 Å². The maximum atomic E-state index is 6.02. The van der Waals surface area contributed by atoms with Crippen molar-refractivity contribution in [2.45, 2.75) is 26.3 Å². The third kappa shape index (κ3) is 4.20. The quantitative estimate of drug-likeness (QED) is 0.191. The second kappa shape index (κ2) is 9.31. The minimum Gasteiger partial charge on any atom is -0.493 e. The van der Waals surface area contributed by atoms with Crippen molar-refractivity contribution in [3.05, 3.63) is 69.1 Å². The molecule has 33 heavy (non-hydrogen) atoms. The van der Waals surface area contributed by atoms with Gasteiger partial charge in [-0.3, -0.25) is 0 Å². The van der Waals surface area contributed by atoms with Gasteiger partial charge in [0.05, 0.1) is 30.3 Å². The van der Waals surface area contributed by atoms with Gasteiger partial charge in [0.15, 0.2) is 17.1 Å². The predicted molar refractivity (Wildman–Crippen MR) is 140 cm³/mol. The molecule has 5 rings (SSSR count). The molecule has 2 heterocycles. The van der Waals surface area contributed by atoms with Gasteiger partial charge < -0.3 is 14.0 Å². The lowest BCUT2D eigenvalue weighted by molar-refractivity contribution is 0.288. The van der Waals surface area contributed by atoms with Crippen LogP contribution in [0.1, 0.15) is 25.3 Å². The van der Waals surface area contributed by atoms with E-state index >= 15 is 0 Å². The first kappa shape index (κ1) is 22.2. The Morgan fingerprint density at radius 2 is 1.73 bits per heavy atom. The molecule has 0 saturated heterocycles. The smallest absolute Gasteiger partial charge is 0.161 e. The molecule has 0 bridgehead atoms. The Kier molecular flexibility index (Phi) is 6.25. The Hall–Kier alpha value is -2.64. The van der Waals surface area contributed by atoms with E-state index in [1.165, 1.54) is 0 Å². The Morgan fingerprint density at radius 1 is 0.939 bits per heavy atom. The summed E-state index contributed by atoms with van der Waals surface area (Å²) in [4.78, 5) is 9.98. The third-order valence-corrected chi connectivity index (χ3v) is 6.75. The summed E-state index contributed by atoms with van der Waals surface area (Å²) < 4.78 is 15.7. The molecule has 5 aromatic rings. The van der Waals surface area contributed by atoms with E-state index in [0.29, 0.717) is 13.2 Å². The van der Waals surface area contributed by atoms with Crippen molar-refractivity contribution in [3.63, 3.8) is 0 Å². The molecule has 0 spiro atoms. The number of halogens is 2. The Bertz CT molecular complexity index is 1480. The highest BCUT2D eigenvalue weighted by Gasteiger charge is 2.18. The second-order valence-corrected chi connectivity index (χ2v) is 9.71. The molecule has 2 aromatic heterocycles. The van der Waals surface area contributed by atoms with E-state index in [1.807, 2.05) is 30.3 Å². The highest BCUT2D eigenvalue weighted by atomic mass is 79.9. The maximum absolute atomic E-state index is 6.02. The zero-order valence-electron chi connectivity index (χ0n) is 18.4. The van der Waals surface area contributed by atoms with Gasteiger partial charge in [0.25, 0.3) is 0 Å². The number of nitrogens with zero attached hydrogens (tertiary/aromatic N) is 3. The maximum Gasteiger partial charge on any atom is 0.161 e. The molecular formula is C26H23Br2N3O2. The molecule has 3 aromatic carbocycles. The summed E-state index contributed by atoms with van der Waals surface area (Å²) in [7, 11) is 1.67. The Morgan fingerprint density at radius 3 is 2.48 bits per heavy atom. The first-order chi connectivity index (χ1) is 16.1. The molecule has 0 aliphatic carbocycles. The molecule has 0 saturated carbocycles. The standard InChI is InChI=1S/C26H23Br2N3O2/c1-3-4-11-33-23-12-16(9-10-22(23)32-2)15-31-25-18(13-17(27)14-19(25)28)24-26(31)30-21-8-6-5-7-20(21)29-24/h5-10,12-14H,3-4,11,15H2,1-2H3. The van der Waals surface area contributed by atoms with Crippen LogP contribution in [0.5, 0.6) is 11.5 Å². The van der Waals surface area contributed by atoms with Crippen LogP contribution in [0.2, 0.25) is 0 Å². The van der Waals surface area contributed by atoms with Gasteiger partial charge in [-0.25, -0.2) is 9.97 Å². The van der Waals surface area contributed by atoms with E-state index in [9.17, 15) is 0 Å². The summed E-state index contributed by atoms with van der Waals surface area (Å²) >= 11 is 7.41. The topological polar surface area (TPSA) is 49.2 Å². The number of unbranched alkanes of at least 4 members (excludes halogenated alkanes) is 1. The van der Waals surface area contributed by atoms with Crippen LogP contribution in [0.25, 0.3) is 33.1 Å². The molecular weight excluding hydrogens is 546 g/mol. The monoisotopic (exact) mass is 567 g/mol. The predicted octanol–water partition coefficient (Wildman–Crippen LogP) is 7.50. The van der Waals surface area contributed by atoms with Gasteiger partial charge in [0, 0.05) is 20.9 Å². The average molecular weight is 569 g/mol. The van der Waals surface area contributed by atoms with Crippen molar-refractivity contribution in [1.29, 1.82) is 0 Å². The zero-order valence-corrected chi connectivity index (χ0v) is 21.6. The van der Waals surface area contributed by atoms with Crippen LogP contribution in [-0.4, -0.2) is 28.3 Å². The fourth-order valence-corrected chi connectivity index (χ4v) is 5.52. The highest BCUT2D eigenvalue weighted by molar-refractivity contribution is 9.11. The van der Waals surface area contributed by atoms with Crippen molar-refractivity contribution < 1.29 is 9.47 Å². The van der Waals surface area contributed by atoms with E-state index in [1.54, 1.807) is 7.11 Å². The summed E-state index contributed by atoms with van der Waals surface area (Å²) in [5, 5.41) is 1.05. The Labute approximate surface area is 209 Å². The lowest BCUT2D eigenvalue weighted by atomic mass is 10.2. The highest BCUT2D eigenvalue weighted by Crippen LogP contribution is 2.37. The number of rotatable bonds is 7. The molecule has 7 heteroatoms. The largest absolute Gasteiger partial charge is 0.493 e. The lowest BCUT2D eigenvalue weighted by Crippen LogP contribution is -2.04. The van der Waals surface area contributed by atoms with Gasteiger partial charge in [0.2, 0.25) is 0 Å². The minimum atomic E-state index is 0.626. The zero-order chi connectivity index (χ0) is 22.9. The molecule has 0 aliphatic heterocycles. The summed E-state index contributed by atoms with van der Waals surface area (Å²) in [6.45, 7) is 3.45. The number of aromatic nitrogens is 3. The van der Waals surface area contributed by atoms with Crippen LogP contribution in [0.15, 0.2) is 63.5 Å². The fraction of sp³-hybridized carbons (Fsp3) is 0.231. The number of para-hydroxylation sites is 2. The van der Waals surface area contributed by atoms with Crippen LogP contribution in [-0.2, 0) is 6.54 Å². The van der Waals surface area contributed by atoms with E-state index in [4.69, 9.17) is 19.4 Å². The minimum absolute atomic E-state index is 0.626. The van der Waals surface area contributed by atoms with Crippen LogP contribution < -0.4 is 9.47 Å². The average Bonchev–Trinajstić information content (AvgIpc) is 3.10. The first-order valence-electron chi connectivity index (χ1n) is 10.9. The van der Waals surface area contributed by atoms with Crippen molar-refractivity contribution in [2.75, 3.05) is 13.7 Å². The van der Waals surface area contributed by atoms with Gasteiger partial charge in [-0.15, -0.1) is 0 Å². The molecule has 5 nitrogen and oxygen atoms in total. The van der Waals surface area contributed by atoms with Crippen molar-refractivity contribution in [3.8, 4) is 11.5 Å². The fourth-order valence-electron chi connectivity index (χ4n) is 4.08. The van der Waals surface area contributed by atoms with Crippen LogP contribution in [0.3, 0.4) is 0 Å². The molecule has 0 fully saturated rings. The molecule has 0 radical (unpaired) electrons. The van der Waals surface area contributed by atoms with Gasteiger partial charge in [-0.1, -0.05) is 47.5 Å². The van der Waals surface area contributed by atoms with Crippen LogP contribution in [0.4, 0.5) is 0 Å². The number of methoxy groups -OCH3 is 1. The van der Waals surface area contributed by atoms with Crippen LogP contribution >= 0.6 is 31.9 Å². The molecule has 0 atom stereocenters. The van der Waals surface area contributed by atoms with E-state index < -0.39 is 0 Å². The SMILES string of the molecule is CCCCOc1cc(Cn2c3nc4ccccc4nc3c3cc(Br)cc(Br)c32)ccc1OC. The van der Waals surface area contributed by atoms with E-state index in [-0.39, 0.29) is 0 Å². The summed E-state index contributed by atoms with van der Waals surface area (Å²) in [6.07, 6.45) is 2.09. The molecule has 168 valence electrons. The van der Waals surface area contributed by atoms with Gasteiger partial charge in [0.1, 0.15) is 5.52 Å². The number of hydrogen-bond donors (Lipinski definition) is 0.